The van der Waals surface area contributed by atoms with Crippen molar-refractivity contribution in [1.82, 2.24) is 20.2 Å². The molecule has 208 valence electrons. The van der Waals surface area contributed by atoms with E-state index in [-0.39, 0.29) is 23.7 Å². The Bertz CT molecular complexity index is 1310. The van der Waals surface area contributed by atoms with Crippen LogP contribution in [0.5, 0.6) is 11.5 Å². The van der Waals surface area contributed by atoms with Crippen molar-refractivity contribution in [1.29, 1.82) is 0 Å². The molecule has 2 aromatic heterocycles. The quantitative estimate of drug-likeness (QED) is 0.345. The van der Waals surface area contributed by atoms with E-state index >= 15 is 0 Å². The number of carbonyl (C=O) groups is 1. The van der Waals surface area contributed by atoms with Crippen LogP contribution in [-0.4, -0.2) is 73.4 Å². The molecule has 1 saturated heterocycles. The van der Waals surface area contributed by atoms with Crippen molar-refractivity contribution < 1.29 is 23.4 Å². The number of nitrogens with zero attached hydrogens (tertiary/aromatic N) is 2. The Labute approximate surface area is 228 Å². The zero-order valence-corrected chi connectivity index (χ0v) is 22.7. The number of benzene rings is 1. The van der Waals surface area contributed by atoms with Crippen molar-refractivity contribution in [2.75, 3.05) is 51.8 Å². The van der Waals surface area contributed by atoms with Gasteiger partial charge in [0.1, 0.15) is 18.5 Å². The Morgan fingerprint density at radius 3 is 3.00 bits per heavy atom. The van der Waals surface area contributed by atoms with Crippen LogP contribution in [0.25, 0.3) is 11.3 Å². The molecule has 1 aromatic carbocycles. The number of methoxy groups -OCH3 is 1. The average Bonchev–Trinajstić information content (AvgIpc) is 3.33. The molecule has 3 N–H and O–H groups in total. The van der Waals surface area contributed by atoms with Crippen LogP contribution in [0.4, 0.5) is 15.8 Å². The standard InChI is InChI=1S/C29H36FN5O4/c1-4-5-11-35-12-13-38-19(16-35)17-39-23-15-31-10-9-20(23)26-27(24-25(34-26)18(2)14-32-29(24)36)33-22-8-6-7-21(30)28(22)37-3/h6-10,15,18-19,33-34H,4-5,11-14,16-17H2,1-3H3,(H,32,36)/t18?,19-/m0/s1. The molecular formula is C29H36FN5O4. The highest BCUT2D eigenvalue weighted by Gasteiger charge is 2.32. The topological polar surface area (TPSA) is 101 Å². The van der Waals surface area contributed by atoms with E-state index in [2.05, 4.69) is 32.4 Å². The number of nitrogens with one attached hydrogen (secondary N) is 3. The molecule has 0 aliphatic carbocycles. The fourth-order valence-corrected chi connectivity index (χ4v) is 5.19. The smallest absolute Gasteiger partial charge is 0.255 e. The van der Waals surface area contributed by atoms with Gasteiger partial charge in [-0.3, -0.25) is 14.7 Å². The fourth-order valence-electron chi connectivity index (χ4n) is 5.19. The second kappa shape index (κ2) is 12.0. The number of hydrogen-bond acceptors (Lipinski definition) is 7. The number of para-hydroxylation sites is 1. The van der Waals surface area contributed by atoms with E-state index in [0.29, 0.717) is 48.1 Å². The van der Waals surface area contributed by atoms with Crippen molar-refractivity contribution in [2.24, 2.45) is 0 Å². The predicted octanol–water partition coefficient (Wildman–Crippen LogP) is 4.69. The van der Waals surface area contributed by atoms with Gasteiger partial charge >= 0.3 is 0 Å². The minimum Gasteiger partial charge on any atom is -0.492 e. The second-order valence-corrected chi connectivity index (χ2v) is 10.1. The van der Waals surface area contributed by atoms with Gasteiger partial charge in [-0.1, -0.05) is 26.3 Å². The van der Waals surface area contributed by atoms with Crippen molar-refractivity contribution in [2.45, 2.75) is 38.7 Å². The molecular weight excluding hydrogens is 501 g/mol. The first-order chi connectivity index (χ1) is 19.0. The first-order valence-corrected chi connectivity index (χ1v) is 13.5. The van der Waals surface area contributed by atoms with Gasteiger partial charge in [-0.05, 0) is 31.2 Å². The summed E-state index contributed by atoms with van der Waals surface area (Å²) in [5.41, 5.74) is 3.61. The summed E-state index contributed by atoms with van der Waals surface area (Å²) < 4.78 is 32.1. The lowest BCUT2D eigenvalue weighted by Crippen LogP contribution is -2.45. The molecule has 9 nitrogen and oxygen atoms in total. The molecule has 0 radical (unpaired) electrons. The molecule has 2 aliphatic heterocycles. The van der Waals surface area contributed by atoms with E-state index in [1.807, 2.05) is 13.0 Å². The lowest BCUT2D eigenvalue weighted by molar-refractivity contribution is -0.0480. The highest BCUT2D eigenvalue weighted by Crippen LogP contribution is 2.43. The largest absolute Gasteiger partial charge is 0.492 e. The molecule has 4 heterocycles. The number of ether oxygens (including phenoxy) is 3. The molecule has 0 saturated carbocycles. The molecule has 39 heavy (non-hydrogen) atoms. The first kappa shape index (κ1) is 27.0. The number of fused-ring (bicyclic) bond motifs is 1. The van der Waals surface area contributed by atoms with Gasteiger partial charge in [0, 0.05) is 43.0 Å². The number of rotatable bonds is 10. The number of morpholine rings is 1. The van der Waals surface area contributed by atoms with Crippen molar-refractivity contribution in [3.63, 3.8) is 0 Å². The summed E-state index contributed by atoms with van der Waals surface area (Å²) in [6, 6.07) is 6.48. The van der Waals surface area contributed by atoms with E-state index < -0.39 is 5.82 Å². The van der Waals surface area contributed by atoms with Crippen LogP contribution >= 0.6 is 0 Å². The summed E-state index contributed by atoms with van der Waals surface area (Å²) in [7, 11) is 1.41. The summed E-state index contributed by atoms with van der Waals surface area (Å²) >= 11 is 0. The van der Waals surface area contributed by atoms with E-state index in [1.54, 1.807) is 24.5 Å². The van der Waals surface area contributed by atoms with Gasteiger partial charge in [0.15, 0.2) is 11.6 Å². The maximum Gasteiger partial charge on any atom is 0.255 e. The third-order valence-corrected chi connectivity index (χ3v) is 7.28. The summed E-state index contributed by atoms with van der Waals surface area (Å²) in [4.78, 5) is 23.3. The van der Waals surface area contributed by atoms with Crippen molar-refractivity contribution in [3.8, 4) is 22.8 Å². The van der Waals surface area contributed by atoms with E-state index in [4.69, 9.17) is 14.2 Å². The van der Waals surface area contributed by atoms with Gasteiger partial charge < -0.3 is 29.8 Å². The number of unbranched alkanes of at least 4 members (excludes halogenated alkanes) is 1. The fraction of sp³-hybridized carbons (Fsp3) is 0.448. The first-order valence-electron chi connectivity index (χ1n) is 13.5. The predicted molar refractivity (Wildman–Crippen MR) is 148 cm³/mol. The van der Waals surface area contributed by atoms with Gasteiger partial charge in [0.05, 0.1) is 42.5 Å². The highest BCUT2D eigenvalue weighted by atomic mass is 19.1. The monoisotopic (exact) mass is 537 g/mol. The SMILES string of the molecule is CCCCN1CCO[C@H](COc2cnccc2-c2[nH]c3c(c2Nc2cccc(F)c2OC)C(=O)NCC3C)C1. The zero-order valence-electron chi connectivity index (χ0n) is 22.7. The second-order valence-electron chi connectivity index (χ2n) is 10.1. The van der Waals surface area contributed by atoms with Crippen LogP contribution in [-0.2, 0) is 4.74 Å². The molecule has 1 amide bonds. The van der Waals surface area contributed by atoms with Gasteiger partial charge in [-0.15, -0.1) is 0 Å². The molecule has 2 aliphatic rings. The van der Waals surface area contributed by atoms with E-state index in [1.165, 1.54) is 13.2 Å². The van der Waals surface area contributed by atoms with E-state index in [0.717, 1.165) is 43.7 Å². The minimum atomic E-state index is -0.500. The number of amides is 1. The number of pyridine rings is 1. The number of carbonyl (C=O) groups excluding carboxylic acids is 1. The molecule has 1 fully saturated rings. The van der Waals surface area contributed by atoms with Crippen molar-refractivity contribution >= 4 is 17.3 Å². The van der Waals surface area contributed by atoms with Crippen LogP contribution < -0.4 is 20.1 Å². The molecule has 3 aromatic rings. The summed E-state index contributed by atoms with van der Waals surface area (Å²) in [5.74, 6) is -0.0246. The Hall–Kier alpha value is -3.63. The number of aromatic nitrogens is 2. The van der Waals surface area contributed by atoms with Crippen LogP contribution in [0, 0.1) is 5.82 Å². The number of hydrogen-bond donors (Lipinski definition) is 3. The van der Waals surface area contributed by atoms with E-state index in [9.17, 15) is 9.18 Å². The maximum absolute atomic E-state index is 14.5. The summed E-state index contributed by atoms with van der Waals surface area (Å²) in [5, 5.41) is 6.24. The molecule has 1 unspecified atom stereocenters. The minimum absolute atomic E-state index is 0.0531. The molecule has 5 rings (SSSR count). The zero-order chi connectivity index (χ0) is 27.4. The number of anilines is 2. The van der Waals surface area contributed by atoms with Crippen LogP contribution in [0.1, 0.15) is 48.7 Å². The van der Waals surface area contributed by atoms with Crippen molar-refractivity contribution in [3.05, 3.63) is 53.7 Å². The number of H-pyrrole nitrogens is 1. The lowest BCUT2D eigenvalue weighted by Gasteiger charge is -2.32. The van der Waals surface area contributed by atoms with Gasteiger partial charge in [0.2, 0.25) is 0 Å². The summed E-state index contributed by atoms with van der Waals surface area (Å²) in [6.07, 6.45) is 5.62. The highest BCUT2D eigenvalue weighted by molar-refractivity contribution is 6.07. The van der Waals surface area contributed by atoms with Gasteiger partial charge in [0.25, 0.3) is 5.91 Å². The summed E-state index contributed by atoms with van der Waals surface area (Å²) in [6.45, 7) is 8.61. The molecule has 2 atom stereocenters. The normalized spacial score (nSPS) is 19.3. The Kier molecular flexibility index (Phi) is 8.33. The van der Waals surface area contributed by atoms with Crippen LogP contribution in [0.2, 0.25) is 0 Å². The average molecular weight is 538 g/mol. The van der Waals surface area contributed by atoms with Gasteiger partial charge in [-0.2, -0.15) is 0 Å². The van der Waals surface area contributed by atoms with Crippen LogP contribution in [0.3, 0.4) is 0 Å². The third kappa shape index (κ3) is 5.72. The number of aromatic amines is 1. The molecule has 10 heteroatoms. The van der Waals surface area contributed by atoms with Gasteiger partial charge in [-0.25, -0.2) is 4.39 Å². The Morgan fingerprint density at radius 1 is 1.31 bits per heavy atom. The molecule has 0 spiro atoms. The number of halogens is 1. The van der Waals surface area contributed by atoms with Crippen LogP contribution in [0.15, 0.2) is 36.7 Å². The Balaban J connectivity index is 1.48. The lowest BCUT2D eigenvalue weighted by atomic mass is 9.98. The third-order valence-electron chi connectivity index (χ3n) is 7.28. The Morgan fingerprint density at radius 2 is 2.18 bits per heavy atom. The maximum atomic E-state index is 14.5. The molecule has 0 bridgehead atoms.